The van der Waals surface area contributed by atoms with E-state index in [2.05, 4.69) is 10.6 Å². The summed E-state index contributed by atoms with van der Waals surface area (Å²) in [5.74, 6) is 0.183. The molecular weight excluding hydrogens is 292 g/mol. The number of carbonyl (C=O) groups is 2. The Bertz CT molecular complexity index is 703. The molecule has 23 heavy (non-hydrogen) atoms. The third-order valence-electron chi connectivity index (χ3n) is 4.05. The lowest BCUT2D eigenvalue weighted by Gasteiger charge is -2.13. The van der Waals surface area contributed by atoms with E-state index in [9.17, 15) is 9.59 Å². The topological polar surface area (TPSA) is 67.4 Å². The summed E-state index contributed by atoms with van der Waals surface area (Å²) in [4.78, 5) is 23.6. The minimum Gasteiger partial charge on any atom is -0.483 e. The second-order valence-corrected chi connectivity index (χ2v) is 5.77. The fraction of sp³-hybridized carbons (Fsp3) is 0.333. The Morgan fingerprint density at radius 2 is 1.78 bits per heavy atom. The fourth-order valence-electron chi connectivity index (χ4n) is 2.92. The molecule has 0 heterocycles. The normalized spacial score (nSPS) is 14.6. The molecule has 0 atom stereocenters. The van der Waals surface area contributed by atoms with E-state index < -0.39 is 11.9 Å². The molecule has 0 unspecified atom stereocenters. The van der Waals surface area contributed by atoms with Crippen LogP contribution in [-0.2, 0) is 4.79 Å². The van der Waals surface area contributed by atoms with Gasteiger partial charge in [-0.2, -0.15) is 0 Å². The molecule has 3 amide bonds. The standard InChI is InChI=1S/C18H20N2O3/c21-17(20-18(22)19-14-8-2-3-9-14)12-23-16-11-5-7-13-6-1-4-10-15(13)16/h1,4-7,10-11,14H,2-3,8-9,12H2,(H2,19,20,21,22). The Hall–Kier alpha value is -2.56. The number of amides is 3. The van der Waals surface area contributed by atoms with Gasteiger partial charge in [0.05, 0.1) is 0 Å². The molecule has 1 aliphatic carbocycles. The van der Waals surface area contributed by atoms with Crippen LogP contribution in [0.5, 0.6) is 5.75 Å². The number of carbonyl (C=O) groups excluding carboxylic acids is 2. The van der Waals surface area contributed by atoms with Crippen molar-refractivity contribution in [1.29, 1.82) is 0 Å². The highest BCUT2D eigenvalue weighted by molar-refractivity contribution is 5.95. The van der Waals surface area contributed by atoms with Gasteiger partial charge in [0.1, 0.15) is 5.75 Å². The van der Waals surface area contributed by atoms with Gasteiger partial charge < -0.3 is 10.1 Å². The van der Waals surface area contributed by atoms with Crippen LogP contribution in [0, 0.1) is 0 Å². The zero-order valence-corrected chi connectivity index (χ0v) is 12.9. The maximum absolute atomic E-state index is 11.8. The van der Waals surface area contributed by atoms with Crippen molar-refractivity contribution in [2.45, 2.75) is 31.7 Å². The number of nitrogens with one attached hydrogen (secondary N) is 2. The van der Waals surface area contributed by atoms with Gasteiger partial charge in [-0.3, -0.25) is 10.1 Å². The quantitative estimate of drug-likeness (QED) is 0.912. The number of fused-ring (bicyclic) bond motifs is 1. The van der Waals surface area contributed by atoms with Crippen LogP contribution in [-0.4, -0.2) is 24.6 Å². The minimum atomic E-state index is -0.451. The number of urea groups is 1. The molecule has 1 fully saturated rings. The Morgan fingerprint density at radius 1 is 1.04 bits per heavy atom. The van der Waals surface area contributed by atoms with Crippen molar-refractivity contribution in [3.8, 4) is 5.75 Å². The Kier molecular flexibility index (Phi) is 4.76. The summed E-state index contributed by atoms with van der Waals surface area (Å²) in [5.41, 5.74) is 0. The highest BCUT2D eigenvalue weighted by Gasteiger charge is 2.18. The van der Waals surface area contributed by atoms with Crippen LogP contribution >= 0.6 is 0 Å². The van der Waals surface area contributed by atoms with Crippen LogP contribution in [0.1, 0.15) is 25.7 Å². The van der Waals surface area contributed by atoms with E-state index >= 15 is 0 Å². The van der Waals surface area contributed by atoms with Crippen molar-refractivity contribution in [2.24, 2.45) is 0 Å². The molecule has 2 aromatic carbocycles. The van der Waals surface area contributed by atoms with Gasteiger partial charge in [-0.1, -0.05) is 49.2 Å². The first kappa shape index (κ1) is 15.3. The van der Waals surface area contributed by atoms with Crippen LogP contribution in [0.4, 0.5) is 4.79 Å². The van der Waals surface area contributed by atoms with Gasteiger partial charge in [0, 0.05) is 11.4 Å². The van der Waals surface area contributed by atoms with E-state index in [1.165, 1.54) is 0 Å². The van der Waals surface area contributed by atoms with Crippen molar-refractivity contribution in [2.75, 3.05) is 6.61 Å². The zero-order valence-electron chi connectivity index (χ0n) is 12.9. The smallest absolute Gasteiger partial charge is 0.321 e. The van der Waals surface area contributed by atoms with E-state index in [1.54, 1.807) is 0 Å². The maximum Gasteiger partial charge on any atom is 0.321 e. The van der Waals surface area contributed by atoms with Gasteiger partial charge in [0.2, 0.25) is 0 Å². The largest absolute Gasteiger partial charge is 0.483 e. The van der Waals surface area contributed by atoms with Crippen molar-refractivity contribution in [1.82, 2.24) is 10.6 Å². The number of imide groups is 1. The molecule has 0 aliphatic heterocycles. The van der Waals surface area contributed by atoms with Crippen LogP contribution in [0.3, 0.4) is 0 Å². The van der Waals surface area contributed by atoms with Gasteiger partial charge in [0.25, 0.3) is 5.91 Å². The minimum absolute atomic E-state index is 0.182. The Morgan fingerprint density at radius 3 is 2.61 bits per heavy atom. The molecule has 5 nitrogen and oxygen atoms in total. The lowest BCUT2D eigenvalue weighted by molar-refractivity contribution is -0.121. The molecule has 0 spiro atoms. The molecule has 2 aromatic rings. The number of hydrogen-bond donors (Lipinski definition) is 2. The first-order valence-corrected chi connectivity index (χ1v) is 7.93. The molecule has 1 saturated carbocycles. The molecule has 1 aliphatic rings. The van der Waals surface area contributed by atoms with E-state index in [-0.39, 0.29) is 12.6 Å². The summed E-state index contributed by atoms with van der Waals surface area (Å²) >= 11 is 0. The summed E-state index contributed by atoms with van der Waals surface area (Å²) in [5, 5.41) is 7.11. The number of ether oxygens (including phenoxy) is 1. The Balaban J connectivity index is 1.52. The fourth-order valence-corrected chi connectivity index (χ4v) is 2.92. The van der Waals surface area contributed by atoms with Crippen LogP contribution < -0.4 is 15.4 Å². The zero-order chi connectivity index (χ0) is 16.1. The molecule has 0 saturated heterocycles. The lowest BCUT2D eigenvalue weighted by Crippen LogP contribution is -2.45. The average Bonchev–Trinajstić information content (AvgIpc) is 3.05. The molecule has 0 radical (unpaired) electrons. The third-order valence-corrected chi connectivity index (χ3v) is 4.05. The van der Waals surface area contributed by atoms with E-state index in [4.69, 9.17) is 4.74 Å². The van der Waals surface area contributed by atoms with Gasteiger partial charge >= 0.3 is 6.03 Å². The predicted octanol–water partition coefficient (Wildman–Crippen LogP) is 2.99. The van der Waals surface area contributed by atoms with Gasteiger partial charge in [0.15, 0.2) is 6.61 Å². The number of benzene rings is 2. The molecule has 5 heteroatoms. The molecular formula is C18H20N2O3. The summed E-state index contributed by atoms with van der Waals surface area (Å²) in [7, 11) is 0. The molecule has 3 rings (SSSR count). The summed E-state index contributed by atoms with van der Waals surface area (Å²) in [6.45, 7) is -0.188. The Labute approximate surface area is 135 Å². The predicted molar refractivity (Wildman–Crippen MR) is 88.4 cm³/mol. The maximum atomic E-state index is 11.8. The highest BCUT2D eigenvalue weighted by Crippen LogP contribution is 2.24. The first-order chi connectivity index (χ1) is 11.2. The van der Waals surface area contributed by atoms with Crippen LogP contribution in [0.25, 0.3) is 10.8 Å². The molecule has 0 bridgehead atoms. The van der Waals surface area contributed by atoms with Crippen molar-refractivity contribution in [3.63, 3.8) is 0 Å². The molecule has 2 N–H and O–H groups in total. The third kappa shape index (κ3) is 4.00. The second-order valence-electron chi connectivity index (χ2n) is 5.77. The van der Waals surface area contributed by atoms with Gasteiger partial charge in [-0.15, -0.1) is 0 Å². The highest BCUT2D eigenvalue weighted by atomic mass is 16.5. The monoisotopic (exact) mass is 312 g/mol. The first-order valence-electron chi connectivity index (χ1n) is 7.93. The summed E-state index contributed by atoms with van der Waals surface area (Å²) in [6.07, 6.45) is 4.22. The van der Waals surface area contributed by atoms with E-state index in [1.807, 2.05) is 42.5 Å². The van der Waals surface area contributed by atoms with Crippen molar-refractivity contribution in [3.05, 3.63) is 42.5 Å². The van der Waals surface area contributed by atoms with Gasteiger partial charge in [-0.25, -0.2) is 4.79 Å². The number of hydrogen-bond acceptors (Lipinski definition) is 3. The van der Waals surface area contributed by atoms with Crippen molar-refractivity contribution >= 4 is 22.7 Å². The number of rotatable bonds is 4. The summed E-state index contributed by atoms with van der Waals surface area (Å²) < 4.78 is 5.56. The van der Waals surface area contributed by atoms with Crippen LogP contribution in [0.15, 0.2) is 42.5 Å². The van der Waals surface area contributed by atoms with Gasteiger partial charge in [-0.05, 0) is 24.3 Å². The van der Waals surface area contributed by atoms with Crippen LogP contribution in [0.2, 0.25) is 0 Å². The SMILES string of the molecule is O=C(COc1cccc2ccccc12)NC(=O)NC1CCCC1. The summed E-state index contributed by atoms with van der Waals surface area (Å²) in [6, 6.07) is 13.2. The average molecular weight is 312 g/mol. The molecule has 120 valence electrons. The lowest BCUT2D eigenvalue weighted by atomic mass is 10.1. The van der Waals surface area contributed by atoms with E-state index in [0.717, 1.165) is 36.5 Å². The van der Waals surface area contributed by atoms with E-state index in [0.29, 0.717) is 5.75 Å². The molecule has 0 aromatic heterocycles. The second kappa shape index (κ2) is 7.13. The van der Waals surface area contributed by atoms with Crippen molar-refractivity contribution < 1.29 is 14.3 Å².